The second-order valence-corrected chi connectivity index (χ2v) is 14.3. The van der Waals surface area contributed by atoms with Gasteiger partial charge in [-0.25, -0.2) is 4.79 Å². The molecule has 320 valence electrons. The fraction of sp³-hybridized carbons (Fsp3) is 0.595. The van der Waals surface area contributed by atoms with Crippen molar-refractivity contribution in [2.45, 2.75) is 101 Å². The molecule has 3 aliphatic rings. The molecular formula is C37H56N10O11. The molecule has 12 N–H and O–H groups in total. The Balaban J connectivity index is 0.00000215. The van der Waals surface area contributed by atoms with E-state index in [0.717, 1.165) is 11.8 Å². The number of aliphatic hydroxyl groups is 1. The van der Waals surface area contributed by atoms with Crippen molar-refractivity contribution in [3.8, 4) is 0 Å². The van der Waals surface area contributed by atoms with Crippen LogP contribution in [0, 0.1) is 0 Å². The third kappa shape index (κ3) is 13.7. The number of nitrogens with zero attached hydrogens (tertiary/aromatic N) is 4. The van der Waals surface area contributed by atoms with Gasteiger partial charge >= 0.3 is 5.97 Å². The van der Waals surface area contributed by atoms with Gasteiger partial charge in [0.25, 0.3) is 5.97 Å². The van der Waals surface area contributed by atoms with E-state index >= 15 is 0 Å². The van der Waals surface area contributed by atoms with Gasteiger partial charge in [-0.2, -0.15) is 0 Å². The Morgan fingerprint density at radius 3 is 1.97 bits per heavy atom. The SMILES string of the molecule is CC(=O)O.NC(N)=NCCC[C@H](N)C(=O)N1CCC[C@H]1C(=O)N1CCC[C@H]1C(=O)NCC(=O)N[C@@H](Cc1ccccc1)C(=O)N[C@@H](CO)C(=O)N1CCC[C@H]1C(=O)O. The predicted octanol–water partition coefficient (Wildman–Crippen LogP) is -3.16. The van der Waals surface area contributed by atoms with Crippen molar-refractivity contribution >= 4 is 53.3 Å². The smallest absolute Gasteiger partial charge is 0.326 e. The van der Waals surface area contributed by atoms with Gasteiger partial charge in [0.1, 0.15) is 30.2 Å². The second-order valence-electron chi connectivity index (χ2n) is 14.3. The van der Waals surface area contributed by atoms with Crippen LogP contribution in [0.1, 0.15) is 63.9 Å². The zero-order valence-corrected chi connectivity index (χ0v) is 32.6. The van der Waals surface area contributed by atoms with Crippen LogP contribution in [0.3, 0.4) is 0 Å². The van der Waals surface area contributed by atoms with E-state index in [0.29, 0.717) is 70.1 Å². The average Bonchev–Trinajstić information content (AvgIpc) is 3.98. The van der Waals surface area contributed by atoms with E-state index in [2.05, 4.69) is 20.9 Å². The lowest BCUT2D eigenvalue weighted by atomic mass is 10.0. The number of nitrogens with two attached hydrogens (primary N) is 3. The second kappa shape index (κ2) is 22.8. The molecule has 0 aromatic heterocycles. The van der Waals surface area contributed by atoms with Crippen molar-refractivity contribution in [3.63, 3.8) is 0 Å². The number of guanidine groups is 1. The lowest BCUT2D eigenvalue weighted by molar-refractivity contribution is -0.150. The van der Waals surface area contributed by atoms with Crippen LogP contribution in [0.4, 0.5) is 0 Å². The molecule has 21 nitrogen and oxygen atoms in total. The minimum Gasteiger partial charge on any atom is -0.481 e. The Hall–Kier alpha value is -5.83. The largest absolute Gasteiger partial charge is 0.481 e. The van der Waals surface area contributed by atoms with Gasteiger partial charge in [0, 0.05) is 39.5 Å². The average molecular weight is 817 g/mol. The number of carboxylic acid groups (broad SMARTS) is 2. The lowest BCUT2D eigenvalue weighted by Gasteiger charge is -2.32. The van der Waals surface area contributed by atoms with Crippen LogP contribution >= 0.6 is 0 Å². The molecule has 0 unspecified atom stereocenters. The normalized spacial score (nSPS) is 20.1. The van der Waals surface area contributed by atoms with Gasteiger partial charge in [0.2, 0.25) is 35.4 Å². The molecule has 1 aromatic carbocycles. The summed E-state index contributed by atoms with van der Waals surface area (Å²) in [5.41, 5.74) is 17.5. The maximum Gasteiger partial charge on any atom is 0.326 e. The van der Waals surface area contributed by atoms with Crippen molar-refractivity contribution in [2.75, 3.05) is 39.3 Å². The van der Waals surface area contributed by atoms with Crippen LogP contribution in [0.25, 0.3) is 0 Å². The molecule has 0 saturated carbocycles. The van der Waals surface area contributed by atoms with Crippen LogP contribution in [0.15, 0.2) is 35.3 Å². The minimum absolute atomic E-state index is 0.00159. The molecule has 0 bridgehead atoms. The van der Waals surface area contributed by atoms with Gasteiger partial charge in [-0.1, -0.05) is 30.3 Å². The quantitative estimate of drug-likeness (QED) is 0.0426. The van der Waals surface area contributed by atoms with Gasteiger partial charge in [-0.15, -0.1) is 0 Å². The number of carbonyl (C=O) groups is 8. The van der Waals surface area contributed by atoms with Crippen molar-refractivity contribution < 1.29 is 53.7 Å². The van der Waals surface area contributed by atoms with Gasteiger partial charge in [-0.05, 0) is 56.9 Å². The summed E-state index contributed by atoms with van der Waals surface area (Å²) >= 11 is 0. The van der Waals surface area contributed by atoms with Crippen LogP contribution in [-0.4, -0.2) is 159 Å². The number of carboxylic acids is 2. The maximum atomic E-state index is 13.7. The molecular weight excluding hydrogens is 760 g/mol. The van der Waals surface area contributed by atoms with Crippen LogP contribution in [0.5, 0.6) is 0 Å². The number of benzene rings is 1. The first-order valence-corrected chi connectivity index (χ1v) is 19.2. The third-order valence-electron chi connectivity index (χ3n) is 9.92. The predicted molar refractivity (Wildman–Crippen MR) is 207 cm³/mol. The zero-order valence-electron chi connectivity index (χ0n) is 32.6. The highest BCUT2D eigenvalue weighted by Gasteiger charge is 2.43. The first-order chi connectivity index (χ1) is 27.5. The lowest BCUT2D eigenvalue weighted by Crippen LogP contribution is -2.58. The summed E-state index contributed by atoms with van der Waals surface area (Å²) in [5.74, 6) is -5.66. The summed E-state index contributed by atoms with van der Waals surface area (Å²) in [5, 5.41) is 34.5. The number of carbonyl (C=O) groups excluding carboxylic acids is 6. The standard InChI is InChI=1S/C35H52N10O9.C2H4O2/c36-22(10-4-14-39-35(37)38)31(50)44-16-6-12-26(44)33(52)43-15-5-11-25(43)30(49)40-19-28(47)41-23(18-21-8-2-1-3-9-21)29(48)42-24(20-46)32(51)45-17-7-13-27(45)34(53)54;1-2(3)4/h1-3,8-9,22-27,46H,4-7,10-20,36H2,(H,40,49)(H,41,47)(H,42,48)(H,53,54)(H4,37,38,39);1H3,(H,3,4)/t22-,23-,24-,25-,26-,27-;/m0./s1. The summed E-state index contributed by atoms with van der Waals surface area (Å²) in [4.78, 5) is 109. The highest BCUT2D eigenvalue weighted by atomic mass is 16.4. The summed E-state index contributed by atoms with van der Waals surface area (Å²) in [6.07, 6.45) is 3.41. The zero-order chi connectivity index (χ0) is 42.9. The van der Waals surface area contributed by atoms with E-state index < -0.39 is 85.0 Å². The number of aliphatic imine (C=N–C) groups is 1. The fourth-order valence-corrected chi connectivity index (χ4v) is 7.17. The van der Waals surface area contributed by atoms with E-state index in [1.807, 2.05) is 0 Å². The third-order valence-corrected chi connectivity index (χ3v) is 9.92. The highest BCUT2D eigenvalue weighted by Crippen LogP contribution is 2.26. The number of amides is 6. The van der Waals surface area contributed by atoms with E-state index in [1.165, 1.54) is 9.80 Å². The summed E-state index contributed by atoms with van der Waals surface area (Å²) < 4.78 is 0. The number of nitrogens with one attached hydrogen (secondary N) is 3. The molecule has 4 rings (SSSR count). The van der Waals surface area contributed by atoms with E-state index in [4.69, 9.17) is 27.1 Å². The Morgan fingerprint density at radius 1 is 0.810 bits per heavy atom. The Labute approximate surface area is 335 Å². The first-order valence-electron chi connectivity index (χ1n) is 19.2. The van der Waals surface area contributed by atoms with Crippen LogP contribution in [0.2, 0.25) is 0 Å². The van der Waals surface area contributed by atoms with Crippen LogP contribution in [-0.2, 0) is 44.8 Å². The number of likely N-dealkylation sites (tertiary alicyclic amines) is 3. The molecule has 3 saturated heterocycles. The molecule has 6 atom stereocenters. The first kappa shape index (κ1) is 46.6. The topological polar surface area (TPSA) is 333 Å². The Kier molecular flexibility index (Phi) is 18.3. The number of hydrogen-bond donors (Lipinski definition) is 9. The highest BCUT2D eigenvalue weighted by molar-refractivity contribution is 5.96. The van der Waals surface area contributed by atoms with E-state index in [9.17, 15) is 43.8 Å². The molecule has 1 aromatic rings. The van der Waals surface area contributed by atoms with Crippen molar-refractivity contribution in [3.05, 3.63) is 35.9 Å². The number of hydrogen-bond acceptors (Lipinski definition) is 11. The van der Waals surface area contributed by atoms with Gasteiger partial charge in [0.05, 0.1) is 19.2 Å². The summed E-state index contributed by atoms with van der Waals surface area (Å²) in [6.45, 7) is 0.871. The Morgan fingerprint density at radius 2 is 1.38 bits per heavy atom. The number of aliphatic hydroxyl groups excluding tert-OH is 1. The summed E-state index contributed by atoms with van der Waals surface area (Å²) in [7, 11) is 0. The molecule has 0 radical (unpaired) electrons. The minimum atomic E-state index is -1.45. The van der Waals surface area contributed by atoms with E-state index in [1.54, 1.807) is 30.3 Å². The molecule has 0 aliphatic carbocycles. The maximum absolute atomic E-state index is 13.7. The number of aliphatic carboxylic acids is 2. The molecule has 6 amide bonds. The monoisotopic (exact) mass is 816 g/mol. The molecule has 58 heavy (non-hydrogen) atoms. The molecule has 21 heteroatoms. The summed E-state index contributed by atoms with van der Waals surface area (Å²) in [6, 6.07) is 2.47. The molecule has 3 heterocycles. The van der Waals surface area contributed by atoms with Crippen molar-refractivity contribution in [1.29, 1.82) is 0 Å². The molecule has 0 spiro atoms. The van der Waals surface area contributed by atoms with Crippen molar-refractivity contribution in [2.24, 2.45) is 22.2 Å². The molecule has 3 fully saturated rings. The van der Waals surface area contributed by atoms with Gasteiger partial charge < -0.3 is 63.2 Å². The fourth-order valence-electron chi connectivity index (χ4n) is 7.17. The van der Waals surface area contributed by atoms with E-state index in [-0.39, 0.29) is 37.2 Å². The molecule has 3 aliphatic heterocycles. The van der Waals surface area contributed by atoms with Crippen LogP contribution < -0.4 is 33.2 Å². The Bertz CT molecular complexity index is 1650. The van der Waals surface area contributed by atoms with Crippen molar-refractivity contribution in [1.82, 2.24) is 30.7 Å². The van der Waals surface area contributed by atoms with Gasteiger partial charge in [0.15, 0.2) is 5.96 Å². The van der Waals surface area contributed by atoms with Gasteiger partial charge in [-0.3, -0.25) is 38.6 Å². The number of rotatable bonds is 17.